The number of sulfonamides is 1. The van der Waals surface area contributed by atoms with Gasteiger partial charge in [-0.15, -0.1) is 0 Å². The molecular formula is C13H21NO2S. The Morgan fingerprint density at radius 2 is 1.88 bits per heavy atom. The van der Waals surface area contributed by atoms with Gasteiger partial charge in [0, 0.05) is 7.92 Å². The van der Waals surface area contributed by atoms with E-state index in [0.717, 1.165) is 11.1 Å². The van der Waals surface area contributed by atoms with Gasteiger partial charge in [-0.1, -0.05) is 43.7 Å². The third-order valence-electron chi connectivity index (χ3n) is 2.39. The molecule has 1 N–H and O–H groups in total. The molecule has 0 saturated heterocycles. The van der Waals surface area contributed by atoms with E-state index in [9.17, 15) is 8.42 Å². The van der Waals surface area contributed by atoms with Crippen LogP contribution in [0.4, 0.5) is 0 Å². The van der Waals surface area contributed by atoms with Gasteiger partial charge in [-0.25, -0.2) is 13.1 Å². The second kappa shape index (κ2) is 6.17. The zero-order chi connectivity index (χ0) is 13.8. The monoisotopic (exact) mass is 256 g/mol. The number of benzene rings is 1. The van der Waals surface area contributed by atoms with E-state index in [1.54, 1.807) is 0 Å². The topological polar surface area (TPSA) is 46.2 Å². The summed E-state index contributed by atoms with van der Waals surface area (Å²) in [4.78, 5) is 0. The molecule has 1 aromatic carbocycles. The maximum atomic E-state index is 11.8. The highest BCUT2D eigenvalue weighted by Gasteiger charge is 2.10. The van der Waals surface area contributed by atoms with Crippen molar-refractivity contribution in [3.63, 3.8) is 0 Å². The Morgan fingerprint density at radius 3 is 2.41 bits per heavy atom. The zero-order valence-corrected chi connectivity index (χ0v) is 11.4. The van der Waals surface area contributed by atoms with Crippen molar-refractivity contribution in [1.82, 2.24) is 4.72 Å². The Bertz CT molecular complexity index is 468. The number of nitrogens with one attached hydrogen (secondary N) is 1. The van der Waals surface area contributed by atoms with Crippen molar-refractivity contribution in [2.24, 2.45) is 5.92 Å². The van der Waals surface area contributed by atoms with Crippen LogP contribution < -0.4 is 4.72 Å². The molecule has 0 aliphatic heterocycles. The second-order valence-corrected chi connectivity index (χ2v) is 6.36. The maximum absolute atomic E-state index is 11.8. The van der Waals surface area contributed by atoms with Crippen LogP contribution in [-0.2, 0) is 16.6 Å². The van der Waals surface area contributed by atoms with E-state index in [0.29, 0.717) is 6.42 Å². The number of hydrogen-bond acceptors (Lipinski definition) is 2. The molecule has 0 aliphatic carbocycles. The average molecular weight is 256 g/mol. The van der Waals surface area contributed by atoms with E-state index in [4.69, 9.17) is 1.37 Å². The molecule has 4 heteroatoms. The van der Waals surface area contributed by atoms with Crippen molar-refractivity contribution in [3.8, 4) is 0 Å². The Kier molecular flexibility index (Phi) is 4.57. The summed E-state index contributed by atoms with van der Waals surface area (Å²) in [6, 6.07) is 7.66. The molecule has 1 aromatic rings. The molecule has 1 rings (SSSR count). The smallest absolute Gasteiger partial charge is 0.211 e. The summed E-state index contributed by atoms with van der Waals surface area (Å²) in [5.41, 5.74) is 0.948. The van der Waals surface area contributed by atoms with Gasteiger partial charge in [-0.05, 0) is 24.8 Å². The first kappa shape index (κ1) is 12.6. The highest BCUT2D eigenvalue weighted by molar-refractivity contribution is 7.89. The quantitative estimate of drug-likeness (QED) is 0.850. The fourth-order valence-electron chi connectivity index (χ4n) is 1.27. The minimum atomic E-state index is -3.55. The number of rotatable bonds is 6. The van der Waals surface area contributed by atoms with E-state index in [1.807, 2.05) is 45.0 Å². The van der Waals surface area contributed by atoms with E-state index in [2.05, 4.69) is 4.72 Å². The van der Waals surface area contributed by atoms with Gasteiger partial charge in [0.05, 0.1) is 5.73 Å². The summed E-state index contributed by atoms with van der Waals surface area (Å²) >= 11 is 0. The third-order valence-corrected chi connectivity index (χ3v) is 3.56. The molecule has 0 heterocycles. The summed E-state index contributed by atoms with van der Waals surface area (Å²) in [6.45, 7) is 6.06. The van der Waals surface area contributed by atoms with E-state index in [1.165, 1.54) is 0 Å². The predicted octanol–water partition coefficient (Wildman–Crippen LogP) is 2.46. The Hall–Kier alpha value is -0.870. The summed E-state index contributed by atoms with van der Waals surface area (Å²) in [5, 5.41) is 0. The van der Waals surface area contributed by atoms with Crippen molar-refractivity contribution in [2.75, 3.05) is 5.73 Å². The molecule has 1 atom stereocenters. The Labute approximate surface area is 106 Å². The van der Waals surface area contributed by atoms with Crippen LogP contribution in [0.5, 0.6) is 0 Å². The highest BCUT2D eigenvalue weighted by atomic mass is 32.2. The van der Waals surface area contributed by atoms with Crippen LogP contribution >= 0.6 is 0 Å². The van der Waals surface area contributed by atoms with Crippen molar-refractivity contribution >= 4 is 10.0 Å². The number of hydrogen-bond donors (Lipinski definition) is 1. The fourth-order valence-corrected chi connectivity index (χ4v) is 2.39. The van der Waals surface area contributed by atoms with E-state index >= 15 is 0 Å². The van der Waals surface area contributed by atoms with Crippen molar-refractivity contribution in [3.05, 3.63) is 35.4 Å². The van der Waals surface area contributed by atoms with Crippen LogP contribution in [0.15, 0.2) is 24.3 Å². The number of aryl methyl sites for hydroxylation is 1. The molecular weight excluding hydrogens is 234 g/mol. The van der Waals surface area contributed by atoms with Crippen LogP contribution in [0.25, 0.3) is 0 Å². The van der Waals surface area contributed by atoms with Gasteiger partial charge in [0.15, 0.2) is 0 Å². The first-order valence-electron chi connectivity index (χ1n) is 6.35. The minimum Gasteiger partial charge on any atom is -0.212 e. The minimum absolute atomic E-state index is 0.198. The van der Waals surface area contributed by atoms with Gasteiger partial charge in [0.1, 0.15) is 0 Å². The van der Waals surface area contributed by atoms with Crippen LogP contribution in [0.2, 0.25) is 0 Å². The molecule has 0 radical (unpaired) electrons. The van der Waals surface area contributed by atoms with Crippen molar-refractivity contribution in [1.29, 1.82) is 0 Å². The molecule has 0 spiro atoms. The first-order chi connectivity index (χ1) is 8.31. The largest absolute Gasteiger partial charge is 0.212 e. The molecule has 0 aromatic heterocycles. The molecule has 96 valence electrons. The summed E-state index contributed by atoms with van der Waals surface area (Å²) in [7, 11) is -3.55. The van der Waals surface area contributed by atoms with Gasteiger partial charge in [0.2, 0.25) is 10.0 Å². The van der Waals surface area contributed by atoms with Crippen LogP contribution in [0.3, 0.4) is 0 Å². The van der Waals surface area contributed by atoms with E-state index < -0.39 is 15.8 Å². The molecule has 3 nitrogen and oxygen atoms in total. The second-order valence-electron chi connectivity index (χ2n) is 4.65. The SMILES string of the molecule is [2H]C(CC(C)C)S(=O)(=O)NCc1ccc(C)cc1. The van der Waals surface area contributed by atoms with Crippen LogP contribution in [-0.4, -0.2) is 14.1 Å². The molecule has 17 heavy (non-hydrogen) atoms. The van der Waals surface area contributed by atoms with Gasteiger partial charge >= 0.3 is 0 Å². The fraction of sp³-hybridized carbons (Fsp3) is 0.538. The Morgan fingerprint density at radius 1 is 1.29 bits per heavy atom. The lowest BCUT2D eigenvalue weighted by Crippen LogP contribution is -2.26. The van der Waals surface area contributed by atoms with Gasteiger partial charge in [-0.3, -0.25) is 0 Å². The van der Waals surface area contributed by atoms with Gasteiger partial charge in [0.25, 0.3) is 0 Å². The molecule has 0 bridgehead atoms. The zero-order valence-electron chi connectivity index (χ0n) is 11.6. The molecule has 0 saturated carbocycles. The van der Waals surface area contributed by atoms with Crippen LogP contribution in [0.1, 0.15) is 32.8 Å². The van der Waals surface area contributed by atoms with E-state index in [-0.39, 0.29) is 12.5 Å². The maximum Gasteiger partial charge on any atom is 0.211 e. The summed E-state index contributed by atoms with van der Waals surface area (Å²) in [5.74, 6) is 0.198. The lowest BCUT2D eigenvalue weighted by atomic mass is 10.2. The third kappa shape index (κ3) is 5.84. The van der Waals surface area contributed by atoms with Gasteiger partial charge in [-0.2, -0.15) is 0 Å². The van der Waals surface area contributed by atoms with Crippen molar-refractivity contribution in [2.45, 2.75) is 33.7 Å². The summed E-state index contributed by atoms with van der Waals surface area (Å²) < 4.78 is 33.8. The molecule has 0 amide bonds. The molecule has 0 aliphatic rings. The first-order valence-corrected chi connectivity index (χ1v) is 7.32. The summed E-state index contributed by atoms with van der Waals surface area (Å²) in [6.07, 6.45) is 0.350. The standard InChI is InChI=1S/C13H21NO2S/c1-11(2)8-9-17(15,16)14-10-13-6-4-12(3)5-7-13/h4-7,11,14H,8-10H2,1-3H3/i9D. The van der Waals surface area contributed by atoms with Gasteiger partial charge < -0.3 is 0 Å². The molecule has 0 fully saturated rings. The Balaban J connectivity index is 2.59. The average Bonchev–Trinajstić information content (AvgIpc) is 2.27. The lowest BCUT2D eigenvalue weighted by Gasteiger charge is -2.08. The lowest BCUT2D eigenvalue weighted by molar-refractivity contribution is 0.561. The normalized spacial score (nSPS) is 14.7. The molecule has 1 unspecified atom stereocenters. The predicted molar refractivity (Wildman–Crippen MR) is 71.3 cm³/mol. The van der Waals surface area contributed by atoms with Crippen LogP contribution in [0, 0.1) is 12.8 Å². The van der Waals surface area contributed by atoms with Crippen molar-refractivity contribution < 1.29 is 9.79 Å². The highest BCUT2D eigenvalue weighted by Crippen LogP contribution is 2.05.